The van der Waals surface area contributed by atoms with E-state index in [1.807, 2.05) is 0 Å². The molecule has 7 nitrogen and oxygen atoms in total. The summed E-state index contributed by atoms with van der Waals surface area (Å²) < 4.78 is 32.0. The Morgan fingerprint density at radius 1 is 1.00 bits per heavy atom. The molecule has 1 rings (SSSR count). The van der Waals surface area contributed by atoms with Crippen molar-refractivity contribution in [2.24, 2.45) is 0 Å². The second-order valence-corrected chi connectivity index (χ2v) is 8.44. The predicted molar refractivity (Wildman–Crippen MR) is 107 cm³/mol. The fourth-order valence-corrected chi connectivity index (χ4v) is 3.98. The Morgan fingerprint density at radius 3 is 2.07 bits per heavy atom. The van der Waals surface area contributed by atoms with Gasteiger partial charge in [0.05, 0.1) is 16.9 Å². The maximum atomic E-state index is 12.3. The molecule has 27 heavy (non-hydrogen) atoms. The van der Waals surface area contributed by atoms with Gasteiger partial charge >= 0.3 is 5.69 Å². The molecule has 0 aliphatic heterocycles. The van der Waals surface area contributed by atoms with E-state index in [1.165, 1.54) is 64.2 Å². The standard InChI is InChI=1S/C19H32N2O5S/c1-3-4-5-6-7-8-9-10-11-12-15-20-27(24,25)17-13-14-19(26-2)18(16-17)21(22)23/h13-14,16,20H,3-12,15H2,1-2H3. The lowest BCUT2D eigenvalue weighted by atomic mass is 10.1. The Kier molecular flexibility index (Phi) is 11.0. The zero-order valence-corrected chi connectivity index (χ0v) is 17.2. The number of sulfonamides is 1. The van der Waals surface area contributed by atoms with Crippen LogP contribution in [0.5, 0.6) is 5.75 Å². The summed E-state index contributed by atoms with van der Waals surface area (Å²) >= 11 is 0. The van der Waals surface area contributed by atoms with Gasteiger partial charge in [-0.15, -0.1) is 0 Å². The van der Waals surface area contributed by atoms with E-state index >= 15 is 0 Å². The van der Waals surface area contributed by atoms with Crippen LogP contribution in [0, 0.1) is 10.1 Å². The molecule has 1 aromatic carbocycles. The number of unbranched alkanes of at least 4 members (excludes halogenated alkanes) is 9. The van der Waals surface area contributed by atoms with Crippen LogP contribution in [0.25, 0.3) is 0 Å². The normalized spacial score (nSPS) is 11.5. The first-order valence-corrected chi connectivity index (χ1v) is 11.2. The van der Waals surface area contributed by atoms with E-state index in [1.54, 1.807) is 0 Å². The number of hydrogen-bond donors (Lipinski definition) is 1. The fourth-order valence-electron chi connectivity index (χ4n) is 2.88. The molecule has 0 heterocycles. The largest absolute Gasteiger partial charge is 0.490 e. The quantitative estimate of drug-likeness (QED) is 0.259. The van der Waals surface area contributed by atoms with Gasteiger partial charge in [0.25, 0.3) is 0 Å². The Labute approximate surface area is 162 Å². The van der Waals surface area contributed by atoms with Gasteiger partial charge < -0.3 is 4.74 Å². The van der Waals surface area contributed by atoms with Crippen LogP contribution in [0.4, 0.5) is 5.69 Å². The van der Waals surface area contributed by atoms with Gasteiger partial charge in [-0.25, -0.2) is 13.1 Å². The number of nitro groups is 1. The molecule has 0 aliphatic rings. The van der Waals surface area contributed by atoms with Crippen LogP contribution >= 0.6 is 0 Å². The molecule has 0 amide bonds. The second kappa shape index (κ2) is 12.7. The summed E-state index contributed by atoms with van der Waals surface area (Å²) in [6.07, 6.45) is 11.7. The highest BCUT2D eigenvalue weighted by Gasteiger charge is 2.21. The SMILES string of the molecule is CCCCCCCCCCCCNS(=O)(=O)c1ccc(OC)c([N+](=O)[O-])c1. The lowest BCUT2D eigenvalue weighted by Gasteiger charge is -2.08. The van der Waals surface area contributed by atoms with Crippen molar-refractivity contribution in [2.45, 2.75) is 76.0 Å². The fraction of sp³-hybridized carbons (Fsp3) is 0.684. The highest BCUT2D eigenvalue weighted by Crippen LogP contribution is 2.29. The van der Waals surface area contributed by atoms with Crippen LogP contribution in [-0.2, 0) is 10.0 Å². The van der Waals surface area contributed by atoms with Gasteiger partial charge in [-0.3, -0.25) is 10.1 Å². The smallest absolute Gasteiger partial charge is 0.312 e. The highest BCUT2D eigenvalue weighted by molar-refractivity contribution is 7.89. The zero-order chi connectivity index (χ0) is 20.1. The van der Waals surface area contributed by atoms with Gasteiger partial charge in [0.1, 0.15) is 0 Å². The number of nitro benzene ring substituents is 1. The molecule has 0 saturated heterocycles. The third-order valence-corrected chi connectivity index (χ3v) is 5.94. The Bertz CT molecular complexity index is 677. The molecule has 0 aromatic heterocycles. The summed E-state index contributed by atoms with van der Waals surface area (Å²) in [6.45, 7) is 2.54. The van der Waals surface area contributed by atoms with E-state index in [9.17, 15) is 18.5 Å². The summed E-state index contributed by atoms with van der Waals surface area (Å²) in [4.78, 5) is 10.3. The molecule has 8 heteroatoms. The topological polar surface area (TPSA) is 98.5 Å². The monoisotopic (exact) mass is 400 g/mol. The molecule has 0 spiro atoms. The van der Waals surface area contributed by atoms with E-state index in [0.29, 0.717) is 6.54 Å². The van der Waals surface area contributed by atoms with E-state index in [0.717, 1.165) is 25.3 Å². The van der Waals surface area contributed by atoms with Crippen molar-refractivity contribution in [3.05, 3.63) is 28.3 Å². The third-order valence-electron chi connectivity index (χ3n) is 4.48. The molecule has 0 saturated carbocycles. The molecular weight excluding hydrogens is 368 g/mol. The van der Waals surface area contributed by atoms with Crippen molar-refractivity contribution < 1.29 is 18.1 Å². The number of hydrogen-bond acceptors (Lipinski definition) is 5. The highest BCUT2D eigenvalue weighted by atomic mass is 32.2. The van der Waals surface area contributed by atoms with E-state index in [4.69, 9.17) is 4.74 Å². The number of nitrogens with zero attached hydrogens (tertiary/aromatic N) is 1. The molecule has 0 aliphatic carbocycles. The molecule has 0 fully saturated rings. The average molecular weight is 401 g/mol. The molecule has 0 radical (unpaired) electrons. The van der Waals surface area contributed by atoms with Crippen molar-refractivity contribution in [1.82, 2.24) is 4.72 Å². The Hall–Kier alpha value is -1.67. The lowest BCUT2D eigenvalue weighted by Crippen LogP contribution is -2.24. The lowest BCUT2D eigenvalue weighted by molar-refractivity contribution is -0.386. The Morgan fingerprint density at radius 2 is 1.56 bits per heavy atom. The van der Waals surface area contributed by atoms with Gasteiger partial charge in [-0.05, 0) is 18.6 Å². The molecule has 0 atom stereocenters. The molecule has 0 unspecified atom stereocenters. The minimum absolute atomic E-state index is 0.0358. The summed E-state index contributed by atoms with van der Waals surface area (Å²) in [5.74, 6) is 0.0358. The first-order chi connectivity index (χ1) is 12.9. The van der Waals surface area contributed by atoms with Crippen LogP contribution in [-0.4, -0.2) is 27.0 Å². The number of rotatable bonds is 15. The molecule has 154 valence electrons. The van der Waals surface area contributed by atoms with Crippen molar-refractivity contribution in [3.63, 3.8) is 0 Å². The van der Waals surface area contributed by atoms with Gasteiger partial charge in [0.2, 0.25) is 10.0 Å². The van der Waals surface area contributed by atoms with Crippen LogP contribution in [0.2, 0.25) is 0 Å². The van der Waals surface area contributed by atoms with Gasteiger partial charge in [0.15, 0.2) is 5.75 Å². The summed E-state index contributed by atoms with van der Waals surface area (Å²) in [7, 11) is -2.46. The summed E-state index contributed by atoms with van der Waals surface area (Å²) in [6, 6.07) is 3.64. The summed E-state index contributed by atoms with van der Waals surface area (Å²) in [5.41, 5.74) is -0.362. The Balaban J connectivity index is 2.32. The number of nitrogens with one attached hydrogen (secondary N) is 1. The summed E-state index contributed by atoms with van der Waals surface area (Å²) in [5, 5.41) is 11.0. The maximum absolute atomic E-state index is 12.3. The van der Waals surface area contributed by atoms with E-state index in [2.05, 4.69) is 11.6 Å². The number of ether oxygens (including phenoxy) is 1. The predicted octanol–water partition coefficient (Wildman–Crippen LogP) is 4.80. The maximum Gasteiger partial charge on any atom is 0.312 e. The first-order valence-electron chi connectivity index (χ1n) is 9.74. The molecule has 0 bridgehead atoms. The van der Waals surface area contributed by atoms with Crippen molar-refractivity contribution >= 4 is 15.7 Å². The van der Waals surface area contributed by atoms with Gasteiger partial charge in [0, 0.05) is 12.6 Å². The zero-order valence-electron chi connectivity index (χ0n) is 16.4. The molecule has 1 N–H and O–H groups in total. The van der Waals surface area contributed by atoms with E-state index < -0.39 is 14.9 Å². The third kappa shape index (κ3) is 8.71. The minimum atomic E-state index is -3.76. The van der Waals surface area contributed by atoms with Gasteiger partial charge in [-0.2, -0.15) is 0 Å². The first kappa shape index (κ1) is 23.4. The second-order valence-electron chi connectivity index (χ2n) is 6.67. The van der Waals surface area contributed by atoms with Crippen molar-refractivity contribution in [3.8, 4) is 5.75 Å². The number of methoxy groups -OCH3 is 1. The number of benzene rings is 1. The van der Waals surface area contributed by atoms with Crippen molar-refractivity contribution in [1.29, 1.82) is 0 Å². The van der Waals surface area contributed by atoms with Crippen LogP contribution in [0.15, 0.2) is 23.1 Å². The molecule has 1 aromatic rings. The van der Waals surface area contributed by atoms with Crippen LogP contribution < -0.4 is 9.46 Å². The van der Waals surface area contributed by atoms with Gasteiger partial charge in [-0.1, -0.05) is 64.7 Å². The molecular formula is C19H32N2O5S. The van der Waals surface area contributed by atoms with E-state index in [-0.39, 0.29) is 16.3 Å². The average Bonchev–Trinajstić information content (AvgIpc) is 2.65. The van der Waals surface area contributed by atoms with Crippen LogP contribution in [0.3, 0.4) is 0 Å². The minimum Gasteiger partial charge on any atom is -0.490 e. The van der Waals surface area contributed by atoms with Crippen molar-refractivity contribution in [2.75, 3.05) is 13.7 Å². The van der Waals surface area contributed by atoms with Crippen LogP contribution in [0.1, 0.15) is 71.1 Å².